The molecule has 0 aromatic heterocycles. The van der Waals surface area contributed by atoms with Gasteiger partial charge in [-0.05, 0) is 24.6 Å². The van der Waals surface area contributed by atoms with Crippen LogP contribution in [0.5, 0.6) is 0 Å². The number of esters is 1. The van der Waals surface area contributed by atoms with Gasteiger partial charge in [0, 0.05) is 19.1 Å². The van der Waals surface area contributed by atoms with Crippen LogP contribution in [-0.4, -0.2) is 37.1 Å². The van der Waals surface area contributed by atoms with Crippen LogP contribution in [0.2, 0.25) is 0 Å². The minimum Gasteiger partial charge on any atom is -0.465 e. The van der Waals surface area contributed by atoms with E-state index >= 15 is 0 Å². The molecule has 2 aromatic carbocycles. The van der Waals surface area contributed by atoms with Gasteiger partial charge in [-0.3, -0.25) is 19.7 Å². The summed E-state index contributed by atoms with van der Waals surface area (Å²) in [5, 5.41) is 11.6. The zero-order chi connectivity index (χ0) is 21.6. The minimum absolute atomic E-state index is 0.0628. The number of hydrogen-bond acceptors (Lipinski definition) is 7. The number of carbonyl (C=O) groups is 2. The number of rotatable bonds is 8. The van der Waals surface area contributed by atoms with E-state index in [1.807, 2.05) is 0 Å². The Labute approximate surface area is 167 Å². The lowest BCUT2D eigenvalue weighted by Gasteiger charge is -2.26. The molecule has 0 fully saturated rings. The number of benzene rings is 2. The van der Waals surface area contributed by atoms with Gasteiger partial charge in [-0.2, -0.15) is 0 Å². The first-order valence-electron chi connectivity index (χ1n) is 8.65. The molecule has 2 aromatic rings. The third kappa shape index (κ3) is 5.17. The van der Waals surface area contributed by atoms with E-state index in [0.29, 0.717) is 5.56 Å². The lowest BCUT2D eigenvalue weighted by Crippen LogP contribution is -2.45. The molecule has 9 nitrogen and oxygen atoms in total. The van der Waals surface area contributed by atoms with E-state index in [1.165, 1.54) is 13.8 Å². The molecule has 1 unspecified atom stereocenters. The van der Waals surface area contributed by atoms with Gasteiger partial charge >= 0.3 is 5.97 Å². The highest BCUT2D eigenvalue weighted by atomic mass is 32.2. The smallest absolute Gasteiger partial charge is 0.327 e. The molecule has 10 heteroatoms. The van der Waals surface area contributed by atoms with Crippen molar-refractivity contribution < 1.29 is 27.7 Å². The molecule has 0 aliphatic carbocycles. The van der Waals surface area contributed by atoms with Crippen LogP contribution in [0.1, 0.15) is 25.5 Å². The number of carbonyl (C=O) groups excluding carboxylic acids is 2. The number of nitro groups is 1. The summed E-state index contributed by atoms with van der Waals surface area (Å²) in [7, 11) is -4.37. The number of nitro benzene ring substituents is 1. The Kier molecular flexibility index (Phi) is 7.05. The Balaban J connectivity index is 2.61. The lowest BCUT2D eigenvalue weighted by molar-refractivity contribution is -0.384. The lowest BCUT2D eigenvalue weighted by atomic mass is 10.0. The van der Waals surface area contributed by atoms with Gasteiger partial charge in [0.2, 0.25) is 5.91 Å². The van der Waals surface area contributed by atoms with E-state index in [9.17, 15) is 28.1 Å². The van der Waals surface area contributed by atoms with Gasteiger partial charge in [0.25, 0.3) is 5.69 Å². The Hall–Kier alpha value is -3.27. The summed E-state index contributed by atoms with van der Waals surface area (Å²) in [4.78, 5) is 34.3. The van der Waals surface area contributed by atoms with Crippen molar-refractivity contribution >= 4 is 27.4 Å². The number of nitrogens with one attached hydrogen (secondary N) is 1. The second kappa shape index (κ2) is 9.28. The zero-order valence-corrected chi connectivity index (χ0v) is 16.6. The molecule has 0 heterocycles. The highest BCUT2D eigenvalue weighted by Gasteiger charge is 2.43. The molecule has 2 atom stereocenters. The van der Waals surface area contributed by atoms with Crippen molar-refractivity contribution in [2.75, 3.05) is 6.61 Å². The Morgan fingerprint density at radius 3 is 2.17 bits per heavy atom. The summed E-state index contributed by atoms with van der Waals surface area (Å²) in [5.41, 5.74) is 0.101. The highest BCUT2D eigenvalue weighted by Crippen LogP contribution is 2.29. The van der Waals surface area contributed by atoms with E-state index in [4.69, 9.17) is 4.74 Å². The second-order valence-electron chi connectivity index (χ2n) is 6.06. The molecule has 0 spiro atoms. The van der Waals surface area contributed by atoms with Gasteiger partial charge in [0.15, 0.2) is 15.1 Å². The summed E-state index contributed by atoms with van der Waals surface area (Å²) in [6.07, 6.45) is 0. The van der Waals surface area contributed by atoms with Gasteiger partial charge in [-0.25, -0.2) is 8.42 Å². The first-order chi connectivity index (χ1) is 13.7. The van der Waals surface area contributed by atoms with Crippen LogP contribution < -0.4 is 5.32 Å². The van der Waals surface area contributed by atoms with Crippen LogP contribution in [-0.2, 0) is 24.2 Å². The van der Waals surface area contributed by atoms with Gasteiger partial charge < -0.3 is 10.1 Å². The van der Waals surface area contributed by atoms with Gasteiger partial charge in [0.05, 0.1) is 22.5 Å². The maximum absolute atomic E-state index is 13.3. The maximum Gasteiger partial charge on any atom is 0.327 e. The average molecular weight is 420 g/mol. The number of non-ortho nitro benzene ring substituents is 1. The summed E-state index contributed by atoms with van der Waals surface area (Å²) in [6.45, 7) is 2.67. The van der Waals surface area contributed by atoms with E-state index in [-0.39, 0.29) is 17.2 Å². The van der Waals surface area contributed by atoms with Gasteiger partial charge in [-0.1, -0.05) is 30.3 Å². The van der Waals surface area contributed by atoms with Gasteiger partial charge in [0.1, 0.15) is 0 Å². The molecule has 0 saturated carbocycles. The first-order valence-corrected chi connectivity index (χ1v) is 10.2. The Morgan fingerprint density at radius 1 is 1.10 bits per heavy atom. The van der Waals surface area contributed by atoms with Crippen molar-refractivity contribution in [3.05, 3.63) is 70.3 Å². The molecule has 154 valence electrons. The quantitative estimate of drug-likeness (QED) is 0.393. The Morgan fingerprint density at radius 2 is 1.69 bits per heavy atom. The summed E-state index contributed by atoms with van der Waals surface area (Å²) in [6, 6.07) is 11.1. The predicted octanol–water partition coefficient (Wildman–Crippen LogP) is 2.18. The molecule has 29 heavy (non-hydrogen) atoms. The Bertz CT molecular complexity index is 989. The molecule has 0 saturated heterocycles. The predicted molar refractivity (Wildman–Crippen MR) is 104 cm³/mol. The molecule has 0 aliphatic heterocycles. The van der Waals surface area contributed by atoms with Crippen molar-refractivity contribution in [1.29, 1.82) is 0 Å². The summed E-state index contributed by atoms with van der Waals surface area (Å²) < 4.78 is 31.6. The topological polar surface area (TPSA) is 133 Å². The number of ether oxygens (including phenoxy) is 1. The van der Waals surface area contributed by atoms with Crippen molar-refractivity contribution in [1.82, 2.24) is 5.32 Å². The fourth-order valence-corrected chi connectivity index (χ4v) is 4.50. The molecule has 1 amide bonds. The molecular weight excluding hydrogens is 400 g/mol. The third-order valence-corrected chi connectivity index (χ3v) is 6.11. The fraction of sp³-hybridized carbons (Fsp3) is 0.263. The maximum atomic E-state index is 13.3. The zero-order valence-electron chi connectivity index (χ0n) is 15.8. The molecule has 0 radical (unpaired) electrons. The normalized spacial score (nSPS) is 13.2. The van der Waals surface area contributed by atoms with Crippen LogP contribution in [0, 0.1) is 10.1 Å². The number of amides is 1. The second-order valence-corrected chi connectivity index (χ2v) is 8.13. The van der Waals surface area contributed by atoms with Crippen LogP contribution in [0.3, 0.4) is 0 Å². The first kappa shape index (κ1) is 22.0. The van der Waals surface area contributed by atoms with E-state index < -0.39 is 37.9 Å². The van der Waals surface area contributed by atoms with E-state index in [0.717, 1.165) is 24.3 Å². The standard InChI is InChI=1S/C19H20N2O7S/c1-3-28-19(23)18(17(20-13(2)22)14-7-5-4-6-8-14)29(26,27)16-11-9-15(10-12-16)21(24)25/h4-12,17-18H,3H2,1-2H3,(H,20,22)/t17-,18?/m1/s1. The van der Waals surface area contributed by atoms with Crippen LogP contribution in [0.25, 0.3) is 0 Å². The monoisotopic (exact) mass is 420 g/mol. The van der Waals surface area contributed by atoms with Crippen LogP contribution >= 0.6 is 0 Å². The van der Waals surface area contributed by atoms with E-state index in [2.05, 4.69) is 5.32 Å². The van der Waals surface area contributed by atoms with Crippen LogP contribution in [0.15, 0.2) is 59.5 Å². The molecule has 1 N–H and O–H groups in total. The average Bonchev–Trinajstić information content (AvgIpc) is 2.68. The van der Waals surface area contributed by atoms with Gasteiger partial charge in [-0.15, -0.1) is 0 Å². The molecule has 2 rings (SSSR count). The molecule has 0 bridgehead atoms. The van der Waals surface area contributed by atoms with Crippen molar-refractivity contribution in [2.45, 2.75) is 30.0 Å². The largest absolute Gasteiger partial charge is 0.465 e. The van der Waals surface area contributed by atoms with Crippen molar-refractivity contribution in [3.63, 3.8) is 0 Å². The van der Waals surface area contributed by atoms with E-state index in [1.54, 1.807) is 30.3 Å². The summed E-state index contributed by atoms with van der Waals surface area (Å²) >= 11 is 0. The number of sulfone groups is 1. The van der Waals surface area contributed by atoms with Crippen molar-refractivity contribution in [3.8, 4) is 0 Å². The third-order valence-electron chi connectivity index (χ3n) is 4.05. The highest BCUT2D eigenvalue weighted by molar-refractivity contribution is 7.92. The number of hydrogen-bond donors (Lipinski definition) is 1. The molecule has 0 aliphatic rings. The SMILES string of the molecule is CCOC(=O)C([C@H](NC(C)=O)c1ccccc1)S(=O)(=O)c1ccc([N+](=O)[O-])cc1. The van der Waals surface area contributed by atoms with Crippen LogP contribution in [0.4, 0.5) is 5.69 Å². The molecular formula is C19H20N2O7S. The summed E-state index contributed by atoms with van der Waals surface area (Å²) in [5.74, 6) is -1.57. The minimum atomic E-state index is -4.37. The fourth-order valence-electron chi connectivity index (χ4n) is 2.78. The number of nitrogens with zero attached hydrogens (tertiary/aromatic N) is 1. The van der Waals surface area contributed by atoms with Crippen molar-refractivity contribution in [2.24, 2.45) is 0 Å².